The Balaban J connectivity index is 0.000000342. The van der Waals surface area contributed by atoms with E-state index in [1.54, 1.807) is 91.0 Å². The zero-order chi connectivity index (χ0) is 32.0. The van der Waals surface area contributed by atoms with E-state index < -0.39 is 11.8 Å². The second kappa shape index (κ2) is 13.3. The largest absolute Gasteiger partial charge is 0.491 e. The van der Waals surface area contributed by atoms with Crippen LogP contribution in [0.1, 0.15) is 52.0 Å². The van der Waals surface area contributed by atoms with E-state index in [1.807, 2.05) is 19.9 Å². The van der Waals surface area contributed by atoms with Gasteiger partial charge in [0.05, 0.1) is 46.7 Å². The van der Waals surface area contributed by atoms with Crippen molar-refractivity contribution in [3.8, 4) is 17.9 Å². The molecule has 0 spiro atoms. The molecule has 1 unspecified atom stereocenters. The Morgan fingerprint density at radius 1 is 0.911 bits per heavy atom. The lowest BCUT2D eigenvalue weighted by Gasteiger charge is -2.26. The van der Waals surface area contributed by atoms with E-state index in [0.717, 1.165) is 29.1 Å². The number of hydrogen-bond acceptors (Lipinski definition) is 10. The third-order valence-corrected chi connectivity index (χ3v) is 7.51. The molecule has 0 radical (unpaired) electrons. The van der Waals surface area contributed by atoms with Crippen molar-refractivity contribution >= 4 is 40.6 Å². The molecule has 1 atom stereocenters. The summed E-state index contributed by atoms with van der Waals surface area (Å²) in [6.07, 6.45) is 0.990. The van der Waals surface area contributed by atoms with Gasteiger partial charge in [0.25, 0.3) is 5.79 Å². The SMILES string of the molecule is CC(C)Oc1ccc(C2(O)OC(=O)C(c3ccc4nsnc4c3)=C2Cc2ccc(C#N)cc2)cc1.N#Cc1ccc(C=O)cc1. The molecule has 222 valence electrons. The van der Waals surface area contributed by atoms with Crippen LogP contribution in [0.3, 0.4) is 0 Å². The summed E-state index contributed by atoms with van der Waals surface area (Å²) in [5.74, 6) is -1.94. The van der Waals surface area contributed by atoms with Gasteiger partial charge in [-0.2, -0.15) is 19.3 Å². The zero-order valence-electron chi connectivity index (χ0n) is 24.3. The van der Waals surface area contributed by atoms with Crippen LogP contribution in [0.5, 0.6) is 5.75 Å². The van der Waals surface area contributed by atoms with Crippen molar-refractivity contribution in [1.29, 1.82) is 10.5 Å². The van der Waals surface area contributed by atoms with Gasteiger partial charge in [0.1, 0.15) is 23.1 Å². The fraction of sp³-hybridized carbons (Fsp3) is 0.143. The van der Waals surface area contributed by atoms with E-state index >= 15 is 0 Å². The Morgan fingerprint density at radius 3 is 2.13 bits per heavy atom. The summed E-state index contributed by atoms with van der Waals surface area (Å²) in [5.41, 5.74) is 5.62. The minimum atomic E-state index is -1.97. The molecule has 0 saturated carbocycles. The van der Waals surface area contributed by atoms with Gasteiger partial charge >= 0.3 is 5.97 Å². The number of fused-ring (bicyclic) bond motifs is 1. The van der Waals surface area contributed by atoms with E-state index in [2.05, 4.69) is 14.8 Å². The molecule has 1 aliphatic rings. The number of cyclic esters (lactones) is 1. The third-order valence-electron chi connectivity index (χ3n) is 6.95. The van der Waals surface area contributed by atoms with Gasteiger partial charge < -0.3 is 14.6 Å². The number of ether oxygens (including phenoxy) is 2. The van der Waals surface area contributed by atoms with Crippen LogP contribution in [0.4, 0.5) is 0 Å². The lowest BCUT2D eigenvalue weighted by Crippen LogP contribution is -2.29. The zero-order valence-corrected chi connectivity index (χ0v) is 25.1. The minimum Gasteiger partial charge on any atom is -0.491 e. The number of benzene rings is 4. The topological polar surface area (TPSA) is 146 Å². The summed E-state index contributed by atoms with van der Waals surface area (Å²) in [6, 6.07) is 29.8. The number of hydrogen-bond donors (Lipinski definition) is 1. The summed E-state index contributed by atoms with van der Waals surface area (Å²) < 4.78 is 19.9. The molecule has 0 bridgehead atoms. The third kappa shape index (κ3) is 6.78. The number of aldehydes is 1. The first-order valence-corrected chi connectivity index (χ1v) is 14.6. The van der Waals surface area contributed by atoms with Gasteiger partial charge in [0.15, 0.2) is 0 Å². The van der Waals surface area contributed by atoms with Gasteiger partial charge in [-0.3, -0.25) is 4.79 Å². The van der Waals surface area contributed by atoms with Crippen molar-refractivity contribution in [3.05, 3.63) is 130 Å². The second-order valence-corrected chi connectivity index (χ2v) is 10.9. The van der Waals surface area contributed by atoms with Crippen LogP contribution in [0.15, 0.2) is 96.6 Å². The molecule has 5 aromatic rings. The molecule has 45 heavy (non-hydrogen) atoms. The van der Waals surface area contributed by atoms with Crippen molar-refractivity contribution in [2.75, 3.05) is 0 Å². The maximum Gasteiger partial charge on any atom is 0.342 e. The lowest BCUT2D eigenvalue weighted by molar-refractivity contribution is -0.185. The normalized spacial score (nSPS) is 15.6. The first kappa shape index (κ1) is 30.8. The van der Waals surface area contributed by atoms with Gasteiger partial charge in [0, 0.05) is 23.1 Å². The molecule has 0 fully saturated rings. The quantitative estimate of drug-likeness (QED) is 0.169. The highest BCUT2D eigenvalue weighted by Gasteiger charge is 2.48. The lowest BCUT2D eigenvalue weighted by atomic mass is 9.88. The van der Waals surface area contributed by atoms with Gasteiger partial charge in [-0.05, 0) is 85.6 Å². The first-order valence-electron chi connectivity index (χ1n) is 13.9. The van der Waals surface area contributed by atoms with Crippen molar-refractivity contribution < 1.29 is 24.2 Å². The average Bonchev–Trinajstić information content (AvgIpc) is 3.63. The fourth-order valence-corrected chi connectivity index (χ4v) is 5.30. The number of nitrogens with zero attached hydrogens (tertiary/aromatic N) is 4. The molecular formula is C35H26N4O5S. The first-order chi connectivity index (χ1) is 21.7. The van der Waals surface area contributed by atoms with Crippen LogP contribution >= 0.6 is 11.7 Å². The number of nitriles is 2. The predicted molar refractivity (Wildman–Crippen MR) is 168 cm³/mol. The van der Waals surface area contributed by atoms with Crippen molar-refractivity contribution in [1.82, 2.24) is 8.75 Å². The van der Waals surface area contributed by atoms with E-state index in [4.69, 9.17) is 20.0 Å². The van der Waals surface area contributed by atoms with Crippen molar-refractivity contribution in [2.45, 2.75) is 32.2 Å². The van der Waals surface area contributed by atoms with Crippen molar-refractivity contribution in [3.63, 3.8) is 0 Å². The van der Waals surface area contributed by atoms with E-state index in [1.165, 1.54) is 0 Å². The summed E-state index contributed by atoms with van der Waals surface area (Å²) in [4.78, 5) is 23.3. The highest BCUT2D eigenvalue weighted by Crippen LogP contribution is 2.45. The van der Waals surface area contributed by atoms with Crippen LogP contribution in [0.25, 0.3) is 16.6 Å². The molecule has 0 amide bonds. The maximum absolute atomic E-state index is 13.2. The molecule has 2 heterocycles. The number of carbonyl (C=O) groups excluding carboxylic acids is 2. The van der Waals surface area contributed by atoms with Gasteiger partial charge in [-0.1, -0.05) is 30.3 Å². The smallest absolute Gasteiger partial charge is 0.342 e. The maximum atomic E-state index is 13.2. The molecular weight excluding hydrogens is 588 g/mol. The van der Waals surface area contributed by atoms with Crippen molar-refractivity contribution in [2.24, 2.45) is 0 Å². The number of carbonyl (C=O) groups is 2. The van der Waals surface area contributed by atoms with Gasteiger partial charge in [-0.15, -0.1) is 0 Å². The molecule has 1 aliphatic heterocycles. The number of esters is 1. The summed E-state index contributed by atoms with van der Waals surface area (Å²) in [5, 5.41) is 29.3. The van der Waals surface area contributed by atoms with Crippen LogP contribution in [0.2, 0.25) is 0 Å². The second-order valence-electron chi connectivity index (χ2n) is 10.4. The Labute approximate surface area is 263 Å². The summed E-state index contributed by atoms with van der Waals surface area (Å²) >= 11 is 1.09. The Bertz CT molecular complexity index is 1970. The Hall–Kier alpha value is -5.68. The highest BCUT2D eigenvalue weighted by molar-refractivity contribution is 7.00. The average molecular weight is 615 g/mol. The van der Waals surface area contributed by atoms with Gasteiger partial charge in [0.2, 0.25) is 0 Å². The highest BCUT2D eigenvalue weighted by atomic mass is 32.1. The Kier molecular flexibility index (Phi) is 9.10. The van der Waals surface area contributed by atoms with Gasteiger partial charge in [-0.25, -0.2) is 4.79 Å². The molecule has 10 heteroatoms. The molecule has 1 N–H and O–H groups in total. The number of aromatic nitrogens is 2. The molecule has 0 aliphatic carbocycles. The van der Waals surface area contributed by atoms with Crippen LogP contribution < -0.4 is 4.74 Å². The molecule has 0 saturated heterocycles. The number of aliphatic hydroxyl groups is 1. The summed E-state index contributed by atoms with van der Waals surface area (Å²) in [7, 11) is 0. The van der Waals surface area contributed by atoms with E-state index in [-0.39, 0.29) is 18.1 Å². The van der Waals surface area contributed by atoms with Crippen LogP contribution in [0, 0.1) is 22.7 Å². The Morgan fingerprint density at radius 2 is 1.53 bits per heavy atom. The standard InChI is InChI=1S/C27H21N3O4S.C8H5NO/c1-16(2)33-21-10-8-20(9-11-21)27(32)22(13-17-3-5-18(15-28)6-4-17)25(26(31)34-27)19-7-12-23-24(14-19)30-35-29-23;9-5-7-1-3-8(6-10)4-2-7/h3-12,14,16,32H,13H2,1-2H3;1-4,6H. The molecule has 1 aromatic heterocycles. The van der Waals surface area contributed by atoms with E-state index in [9.17, 15) is 14.7 Å². The molecule has 4 aromatic carbocycles. The monoisotopic (exact) mass is 614 g/mol. The van der Waals surface area contributed by atoms with E-state index in [0.29, 0.717) is 44.7 Å². The summed E-state index contributed by atoms with van der Waals surface area (Å²) in [6.45, 7) is 3.86. The van der Waals surface area contributed by atoms with Crippen LogP contribution in [-0.2, 0) is 21.7 Å². The van der Waals surface area contributed by atoms with Crippen LogP contribution in [-0.4, -0.2) is 32.2 Å². The predicted octanol–water partition coefficient (Wildman–Crippen LogP) is 6.12. The molecule has 6 rings (SSSR count). The number of rotatable bonds is 7. The minimum absolute atomic E-state index is 0.00167. The fourth-order valence-electron chi connectivity index (χ4n) is 4.78. The molecule has 9 nitrogen and oxygen atoms in total.